The summed E-state index contributed by atoms with van der Waals surface area (Å²) in [7, 11) is 1.34. The van der Waals surface area contributed by atoms with E-state index in [1.165, 1.54) is 7.11 Å². The SMILES string of the molecule is COC(=O)C(Br)CN1CCCc2ccccc2C1=O. The van der Waals surface area contributed by atoms with Gasteiger partial charge in [-0.05, 0) is 24.5 Å². The molecule has 1 aromatic rings. The summed E-state index contributed by atoms with van der Waals surface area (Å²) >= 11 is 3.26. The van der Waals surface area contributed by atoms with Gasteiger partial charge in [0.05, 0.1) is 7.11 Å². The monoisotopic (exact) mass is 325 g/mol. The Morgan fingerprint density at radius 2 is 2.21 bits per heavy atom. The second-order valence-corrected chi connectivity index (χ2v) is 5.61. The van der Waals surface area contributed by atoms with Crippen LogP contribution < -0.4 is 0 Å². The number of aryl methyl sites for hydroxylation is 1. The maximum absolute atomic E-state index is 12.4. The summed E-state index contributed by atoms with van der Waals surface area (Å²) in [5.74, 6) is -0.369. The van der Waals surface area contributed by atoms with Crippen LogP contribution in [-0.4, -0.2) is 41.8 Å². The van der Waals surface area contributed by atoms with Crippen LogP contribution in [0.3, 0.4) is 0 Å². The highest BCUT2D eigenvalue weighted by atomic mass is 79.9. The minimum absolute atomic E-state index is 0.0125. The molecule has 102 valence electrons. The molecule has 0 aromatic heterocycles. The molecule has 5 heteroatoms. The van der Waals surface area contributed by atoms with Gasteiger partial charge >= 0.3 is 5.97 Å². The summed E-state index contributed by atoms with van der Waals surface area (Å²) < 4.78 is 4.67. The van der Waals surface area contributed by atoms with Gasteiger partial charge in [0.15, 0.2) is 0 Å². The van der Waals surface area contributed by atoms with Crippen molar-refractivity contribution in [3.63, 3.8) is 0 Å². The first kappa shape index (κ1) is 14.1. The van der Waals surface area contributed by atoms with E-state index >= 15 is 0 Å². The number of rotatable bonds is 3. The lowest BCUT2D eigenvalue weighted by atomic mass is 10.0. The number of hydrogen-bond donors (Lipinski definition) is 0. The Labute approximate surface area is 120 Å². The van der Waals surface area contributed by atoms with Crippen LogP contribution in [0.5, 0.6) is 0 Å². The molecule has 0 saturated carbocycles. The topological polar surface area (TPSA) is 46.6 Å². The van der Waals surface area contributed by atoms with Gasteiger partial charge in [-0.3, -0.25) is 9.59 Å². The van der Waals surface area contributed by atoms with Crippen molar-refractivity contribution in [2.45, 2.75) is 17.7 Å². The van der Waals surface area contributed by atoms with Crippen molar-refractivity contribution < 1.29 is 14.3 Å². The van der Waals surface area contributed by atoms with Crippen LogP contribution in [0, 0.1) is 0 Å². The second-order valence-electron chi connectivity index (χ2n) is 4.50. The number of methoxy groups -OCH3 is 1. The van der Waals surface area contributed by atoms with E-state index in [2.05, 4.69) is 20.7 Å². The van der Waals surface area contributed by atoms with E-state index in [1.807, 2.05) is 24.3 Å². The number of fused-ring (bicyclic) bond motifs is 1. The zero-order valence-corrected chi connectivity index (χ0v) is 12.4. The highest BCUT2D eigenvalue weighted by Gasteiger charge is 2.26. The quantitative estimate of drug-likeness (QED) is 0.631. The molecule has 0 N–H and O–H groups in total. The number of carbonyl (C=O) groups is 2. The number of nitrogens with zero attached hydrogens (tertiary/aromatic N) is 1. The van der Waals surface area contributed by atoms with Gasteiger partial charge in [0.1, 0.15) is 4.83 Å². The molecule has 4 nitrogen and oxygen atoms in total. The fourth-order valence-corrected chi connectivity index (χ4v) is 2.79. The minimum Gasteiger partial charge on any atom is -0.468 e. The lowest BCUT2D eigenvalue weighted by Gasteiger charge is -2.22. The third-order valence-electron chi connectivity index (χ3n) is 3.25. The third kappa shape index (κ3) is 3.15. The van der Waals surface area contributed by atoms with Gasteiger partial charge in [0.25, 0.3) is 5.91 Å². The molecular weight excluding hydrogens is 310 g/mol. The summed E-state index contributed by atoms with van der Waals surface area (Å²) in [6.45, 7) is 0.993. The van der Waals surface area contributed by atoms with Gasteiger partial charge in [0.2, 0.25) is 0 Å². The number of carbonyl (C=O) groups excluding carboxylic acids is 2. The first-order valence-corrected chi connectivity index (χ1v) is 7.14. The van der Waals surface area contributed by atoms with Gasteiger partial charge in [-0.2, -0.15) is 0 Å². The molecule has 0 bridgehead atoms. The molecular formula is C14H16BrNO3. The van der Waals surface area contributed by atoms with Gasteiger partial charge in [0, 0.05) is 18.7 Å². The van der Waals surface area contributed by atoms with E-state index in [0.717, 1.165) is 24.0 Å². The molecule has 19 heavy (non-hydrogen) atoms. The van der Waals surface area contributed by atoms with Crippen molar-refractivity contribution in [1.82, 2.24) is 4.90 Å². The van der Waals surface area contributed by atoms with E-state index < -0.39 is 4.83 Å². The maximum Gasteiger partial charge on any atom is 0.321 e. The number of halogens is 1. The Morgan fingerprint density at radius 1 is 1.47 bits per heavy atom. The van der Waals surface area contributed by atoms with Crippen molar-refractivity contribution in [2.24, 2.45) is 0 Å². The Balaban J connectivity index is 2.15. The number of amides is 1. The lowest BCUT2D eigenvalue weighted by molar-refractivity contribution is -0.140. The van der Waals surface area contributed by atoms with E-state index in [-0.39, 0.29) is 11.9 Å². The molecule has 1 heterocycles. The molecule has 1 unspecified atom stereocenters. The maximum atomic E-state index is 12.4. The standard InChI is InChI=1S/C14H16BrNO3/c1-19-14(18)12(15)9-16-8-4-6-10-5-2-3-7-11(10)13(16)17/h2-3,5,7,12H,4,6,8-9H2,1H3. The fourth-order valence-electron chi connectivity index (χ4n) is 2.25. The van der Waals surface area contributed by atoms with Crippen molar-refractivity contribution >= 4 is 27.8 Å². The summed E-state index contributed by atoms with van der Waals surface area (Å²) in [6, 6.07) is 7.65. The van der Waals surface area contributed by atoms with Crippen LogP contribution in [-0.2, 0) is 16.0 Å². The van der Waals surface area contributed by atoms with Gasteiger partial charge in [-0.25, -0.2) is 0 Å². The van der Waals surface area contributed by atoms with Crippen LogP contribution in [0.2, 0.25) is 0 Å². The number of benzene rings is 1. The van der Waals surface area contributed by atoms with Crippen molar-refractivity contribution in [2.75, 3.05) is 20.2 Å². The van der Waals surface area contributed by atoms with E-state index in [0.29, 0.717) is 13.1 Å². The molecule has 0 radical (unpaired) electrons. The largest absolute Gasteiger partial charge is 0.468 e. The smallest absolute Gasteiger partial charge is 0.321 e. The zero-order chi connectivity index (χ0) is 13.8. The molecule has 1 amide bonds. The third-order valence-corrected chi connectivity index (χ3v) is 3.91. The molecule has 1 aliphatic rings. The minimum atomic E-state index is -0.480. The molecule has 0 fully saturated rings. The Hall–Kier alpha value is -1.36. The highest BCUT2D eigenvalue weighted by molar-refractivity contribution is 9.10. The molecule has 0 aliphatic carbocycles. The van der Waals surface area contributed by atoms with E-state index in [1.54, 1.807) is 4.90 Å². The Morgan fingerprint density at radius 3 is 2.95 bits per heavy atom. The first-order valence-electron chi connectivity index (χ1n) is 6.22. The molecule has 1 aromatic carbocycles. The summed E-state index contributed by atoms with van der Waals surface area (Å²) in [6.07, 6.45) is 1.80. The Kier molecular flexibility index (Phi) is 4.58. The van der Waals surface area contributed by atoms with Crippen LogP contribution in [0.15, 0.2) is 24.3 Å². The predicted molar refractivity (Wildman–Crippen MR) is 75.4 cm³/mol. The van der Waals surface area contributed by atoms with E-state index in [9.17, 15) is 9.59 Å². The van der Waals surface area contributed by atoms with E-state index in [4.69, 9.17) is 0 Å². The van der Waals surface area contributed by atoms with Crippen molar-refractivity contribution in [3.05, 3.63) is 35.4 Å². The predicted octanol–water partition coefficient (Wildman–Crippen LogP) is 2.01. The first-order chi connectivity index (χ1) is 9.13. The Bertz CT molecular complexity index is 489. The van der Waals surface area contributed by atoms with Crippen molar-refractivity contribution in [1.29, 1.82) is 0 Å². The van der Waals surface area contributed by atoms with Crippen LogP contribution >= 0.6 is 15.9 Å². The van der Waals surface area contributed by atoms with Gasteiger partial charge < -0.3 is 9.64 Å². The molecule has 2 rings (SSSR count). The number of alkyl halides is 1. The van der Waals surface area contributed by atoms with Crippen LogP contribution in [0.1, 0.15) is 22.3 Å². The second kappa shape index (κ2) is 6.19. The van der Waals surface area contributed by atoms with Crippen LogP contribution in [0.4, 0.5) is 0 Å². The summed E-state index contributed by atoms with van der Waals surface area (Å²) in [4.78, 5) is 25.1. The molecule has 0 saturated heterocycles. The fraction of sp³-hybridized carbons (Fsp3) is 0.429. The number of hydrogen-bond acceptors (Lipinski definition) is 3. The van der Waals surface area contributed by atoms with Crippen LogP contribution in [0.25, 0.3) is 0 Å². The van der Waals surface area contributed by atoms with Gasteiger partial charge in [-0.15, -0.1) is 0 Å². The normalized spacial score (nSPS) is 16.5. The average molecular weight is 326 g/mol. The summed E-state index contributed by atoms with van der Waals surface area (Å²) in [5, 5.41) is 0. The highest BCUT2D eigenvalue weighted by Crippen LogP contribution is 2.19. The molecule has 1 aliphatic heterocycles. The average Bonchev–Trinajstić information content (AvgIpc) is 2.59. The lowest BCUT2D eigenvalue weighted by Crippen LogP contribution is -2.38. The number of ether oxygens (including phenoxy) is 1. The number of esters is 1. The molecule has 1 atom stereocenters. The zero-order valence-electron chi connectivity index (χ0n) is 10.8. The van der Waals surface area contributed by atoms with Crippen molar-refractivity contribution in [3.8, 4) is 0 Å². The summed E-state index contributed by atoms with van der Waals surface area (Å²) in [5.41, 5.74) is 1.82. The molecule has 0 spiro atoms. The van der Waals surface area contributed by atoms with Gasteiger partial charge in [-0.1, -0.05) is 34.1 Å².